The first-order valence-electron chi connectivity index (χ1n) is 2.28. The van der Waals surface area contributed by atoms with E-state index in [4.69, 9.17) is 0 Å². The van der Waals surface area contributed by atoms with Crippen LogP contribution in [0.25, 0.3) is 0 Å². The van der Waals surface area contributed by atoms with Crippen molar-refractivity contribution in [3.8, 4) is 0 Å². The molecule has 3 nitrogen and oxygen atoms in total. The van der Waals surface area contributed by atoms with Crippen molar-refractivity contribution in [2.24, 2.45) is 0 Å². The first-order chi connectivity index (χ1) is 3.84. The SMILES string of the molecule is C[I-]N1CCOC1=O. The van der Waals surface area contributed by atoms with E-state index in [0.717, 1.165) is 6.54 Å². The second kappa shape index (κ2) is 2.52. The number of ether oxygens (including phenoxy) is 1. The number of nitrogens with zero attached hydrogens (tertiary/aromatic N) is 1. The van der Waals surface area contributed by atoms with Gasteiger partial charge in [-0.3, -0.25) is 0 Å². The van der Waals surface area contributed by atoms with Gasteiger partial charge in [0, 0.05) is 0 Å². The normalized spacial score (nSPS) is 19.6. The van der Waals surface area contributed by atoms with Crippen molar-refractivity contribution < 1.29 is 31.0 Å². The van der Waals surface area contributed by atoms with Crippen molar-refractivity contribution in [1.29, 1.82) is 0 Å². The predicted molar refractivity (Wildman–Crippen MR) is 24.0 cm³/mol. The van der Waals surface area contributed by atoms with Gasteiger partial charge in [-0.1, -0.05) is 0 Å². The van der Waals surface area contributed by atoms with Crippen molar-refractivity contribution in [2.75, 3.05) is 18.1 Å². The van der Waals surface area contributed by atoms with Crippen LogP contribution >= 0.6 is 0 Å². The first-order valence-corrected chi connectivity index (χ1v) is 5.41. The molecule has 1 fully saturated rings. The molecule has 0 aliphatic carbocycles. The summed E-state index contributed by atoms with van der Waals surface area (Å²) in [5, 5.41) is 0. The van der Waals surface area contributed by atoms with Crippen molar-refractivity contribution in [3.05, 3.63) is 0 Å². The fourth-order valence-corrected chi connectivity index (χ4v) is 1.74. The van der Waals surface area contributed by atoms with Gasteiger partial charge >= 0.3 is 58.3 Å². The molecule has 0 aromatic heterocycles. The third-order valence-electron chi connectivity index (χ3n) is 0.915. The third-order valence-corrected chi connectivity index (χ3v) is 2.96. The average Bonchev–Trinajstić information content (AvgIpc) is 2.14. The monoisotopic (exact) mass is 228 g/mol. The number of hydrogen-bond donors (Lipinski definition) is 0. The summed E-state index contributed by atoms with van der Waals surface area (Å²) < 4.78 is 6.45. The van der Waals surface area contributed by atoms with Gasteiger partial charge in [-0.25, -0.2) is 0 Å². The summed E-state index contributed by atoms with van der Waals surface area (Å²) in [4.78, 5) is 12.6. The summed E-state index contributed by atoms with van der Waals surface area (Å²) in [7, 11) is 0. The van der Waals surface area contributed by atoms with Crippen molar-refractivity contribution in [1.82, 2.24) is 3.11 Å². The summed E-state index contributed by atoms with van der Waals surface area (Å²) in [6, 6.07) is 0. The Balaban J connectivity index is 2.42. The Hall–Kier alpha value is 0. The van der Waals surface area contributed by atoms with Crippen LogP contribution in [0.3, 0.4) is 0 Å². The van der Waals surface area contributed by atoms with Crippen LogP contribution in [-0.4, -0.2) is 27.3 Å². The van der Waals surface area contributed by atoms with Crippen LogP contribution in [0, 0.1) is 0 Å². The molecule has 1 aliphatic heterocycles. The van der Waals surface area contributed by atoms with Gasteiger partial charge in [0.2, 0.25) is 0 Å². The maximum atomic E-state index is 10.5. The molecule has 1 aliphatic rings. The Morgan fingerprint density at radius 2 is 2.62 bits per heavy atom. The van der Waals surface area contributed by atoms with Gasteiger partial charge in [0.15, 0.2) is 0 Å². The molecule has 48 valence electrons. The predicted octanol–water partition coefficient (Wildman–Crippen LogP) is -2.93. The Morgan fingerprint density at radius 3 is 2.88 bits per heavy atom. The molecule has 1 heterocycles. The van der Waals surface area contributed by atoms with Gasteiger partial charge in [-0.2, -0.15) is 0 Å². The van der Waals surface area contributed by atoms with Gasteiger partial charge < -0.3 is 0 Å². The number of halogens is 1. The van der Waals surface area contributed by atoms with E-state index in [0.29, 0.717) is 6.61 Å². The molecule has 0 aromatic carbocycles. The van der Waals surface area contributed by atoms with E-state index in [9.17, 15) is 4.79 Å². The number of carbonyl (C=O) groups is 1. The van der Waals surface area contributed by atoms with Crippen LogP contribution < -0.4 is 21.5 Å². The van der Waals surface area contributed by atoms with E-state index >= 15 is 0 Å². The summed E-state index contributed by atoms with van der Waals surface area (Å²) in [6.45, 7) is 1.40. The Morgan fingerprint density at radius 1 is 1.88 bits per heavy atom. The van der Waals surface area contributed by atoms with Crippen LogP contribution in [0.2, 0.25) is 0 Å². The summed E-state index contributed by atoms with van der Waals surface area (Å²) in [5.41, 5.74) is 0. The van der Waals surface area contributed by atoms with Crippen LogP contribution in [-0.2, 0) is 4.74 Å². The molecule has 0 bridgehead atoms. The summed E-state index contributed by atoms with van der Waals surface area (Å²) in [5.74, 6) is 0. The third kappa shape index (κ3) is 1.04. The first kappa shape index (κ1) is 6.12. The molecule has 0 saturated carbocycles. The standard InChI is InChI=1S/C4H7INO2/c1-5-6-2-3-8-4(6)7/h2-3H2,1H3/q-1. The fourth-order valence-electron chi connectivity index (χ4n) is 0.528. The molecular formula is C4H7INO2-. The Bertz CT molecular complexity index is 106. The van der Waals surface area contributed by atoms with E-state index in [-0.39, 0.29) is 27.6 Å². The van der Waals surface area contributed by atoms with Gasteiger partial charge in [-0.15, -0.1) is 0 Å². The van der Waals surface area contributed by atoms with E-state index in [1.807, 2.05) is 4.93 Å². The minimum absolute atomic E-state index is 0.0775. The minimum atomic E-state index is -0.125. The quantitative estimate of drug-likeness (QED) is 0.273. The van der Waals surface area contributed by atoms with E-state index in [2.05, 4.69) is 4.74 Å². The molecule has 8 heavy (non-hydrogen) atoms. The van der Waals surface area contributed by atoms with Crippen LogP contribution in [0.4, 0.5) is 4.79 Å². The van der Waals surface area contributed by atoms with E-state index < -0.39 is 0 Å². The number of alkyl halides is 1. The number of hydrogen-bond acceptors (Lipinski definition) is 2. The Kier molecular flexibility index (Phi) is 1.93. The fraction of sp³-hybridized carbons (Fsp3) is 0.750. The van der Waals surface area contributed by atoms with Gasteiger partial charge in [0.25, 0.3) is 0 Å². The molecule has 0 unspecified atom stereocenters. The molecule has 0 aromatic rings. The van der Waals surface area contributed by atoms with Crippen molar-refractivity contribution >= 4 is 6.09 Å². The number of cyclic esters (lactones) is 1. The van der Waals surface area contributed by atoms with Crippen LogP contribution in [0.1, 0.15) is 0 Å². The summed E-state index contributed by atoms with van der Waals surface area (Å²) >= 11 is -0.0775. The number of rotatable bonds is 1. The molecule has 1 saturated heterocycles. The molecule has 1 amide bonds. The van der Waals surface area contributed by atoms with Crippen molar-refractivity contribution in [2.45, 2.75) is 0 Å². The zero-order valence-electron chi connectivity index (χ0n) is 4.56. The molecule has 0 N–H and O–H groups in total. The summed E-state index contributed by atoms with van der Waals surface area (Å²) in [6.07, 6.45) is -0.125. The second-order valence-corrected chi connectivity index (χ2v) is 3.50. The maximum absolute atomic E-state index is 10.5. The van der Waals surface area contributed by atoms with Gasteiger partial charge in [-0.05, 0) is 0 Å². The molecule has 4 heteroatoms. The van der Waals surface area contributed by atoms with E-state index in [1.54, 1.807) is 3.11 Å². The molecule has 1 rings (SSSR count). The zero-order chi connectivity index (χ0) is 5.98. The average molecular weight is 228 g/mol. The van der Waals surface area contributed by atoms with Gasteiger partial charge in [0.1, 0.15) is 0 Å². The van der Waals surface area contributed by atoms with Crippen LogP contribution in [0.15, 0.2) is 0 Å². The van der Waals surface area contributed by atoms with Crippen LogP contribution in [0.5, 0.6) is 0 Å². The topological polar surface area (TPSA) is 29.5 Å². The number of carbonyl (C=O) groups excluding carboxylic acids is 1. The molecule has 0 atom stereocenters. The van der Waals surface area contributed by atoms with E-state index in [1.165, 1.54) is 0 Å². The van der Waals surface area contributed by atoms with Gasteiger partial charge in [0.05, 0.1) is 0 Å². The Labute approximate surface area is 58.6 Å². The number of amides is 1. The zero-order valence-corrected chi connectivity index (χ0v) is 6.71. The molecular weight excluding hydrogens is 221 g/mol. The second-order valence-electron chi connectivity index (χ2n) is 1.37. The van der Waals surface area contributed by atoms with Crippen molar-refractivity contribution in [3.63, 3.8) is 0 Å². The molecule has 0 radical (unpaired) electrons. The molecule has 0 spiro atoms.